The highest BCUT2D eigenvalue weighted by molar-refractivity contribution is 6.22. The summed E-state index contributed by atoms with van der Waals surface area (Å²) in [6, 6.07) is 13.4. The summed E-state index contributed by atoms with van der Waals surface area (Å²) in [6.07, 6.45) is -0.199. The number of hydrogen-bond donors (Lipinski definition) is 1. The number of amides is 4. The lowest BCUT2D eigenvalue weighted by molar-refractivity contribution is -0.124. The van der Waals surface area contributed by atoms with Crippen molar-refractivity contribution in [2.75, 3.05) is 16.8 Å². The van der Waals surface area contributed by atoms with Crippen molar-refractivity contribution in [1.82, 2.24) is 4.90 Å². The van der Waals surface area contributed by atoms with E-state index in [9.17, 15) is 19.2 Å². The number of rotatable bonds is 7. The van der Waals surface area contributed by atoms with Gasteiger partial charge >= 0.3 is 12.0 Å². The molecule has 31 heavy (non-hydrogen) atoms. The molecule has 1 fully saturated rings. The van der Waals surface area contributed by atoms with Gasteiger partial charge in [0, 0.05) is 11.7 Å². The molecule has 0 bridgehead atoms. The number of urea groups is 1. The summed E-state index contributed by atoms with van der Waals surface area (Å²) in [5, 5.41) is 2.70. The lowest BCUT2D eigenvalue weighted by Crippen LogP contribution is -2.42. The number of ether oxygens (including phenoxy) is 1. The van der Waals surface area contributed by atoms with Gasteiger partial charge in [0.2, 0.25) is 5.91 Å². The van der Waals surface area contributed by atoms with E-state index in [0.29, 0.717) is 16.9 Å². The van der Waals surface area contributed by atoms with Gasteiger partial charge in [0.1, 0.15) is 6.04 Å². The number of anilines is 2. The molecule has 0 radical (unpaired) electrons. The Morgan fingerprint density at radius 3 is 2.42 bits per heavy atom. The van der Waals surface area contributed by atoms with E-state index in [1.807, 2.05) is 0 Å². The summed E-state index contributed by atoms with van der Waals surface area (Å²) in [7, 11) is 0. The summed E-state index contributed by atoms with van der Waals surface area (Å²) >= 11 is 0. The van der Waals surface area contributed by atoms with Crippen LogP contribution in [0.1, 0.15) is 37.6 Å². The minimum absolute atomic E-state index is 0.199. The van der Waals surface area contributed by atoms with Gasteiger partial charge in [-0.3, -0.25) is 9.59 Å². The third kappa shape index (κ3) is 4.74. The molecule has 3 rings (SSSR count). The standard InChI is InChI=1S/C23H25N3O5/c1-4-31-22(29)16-9-8-10-17(13-16)24-20(27)14-19-21(28)26(18-11-6-5-7-12-18)23(30)25(19)15(2)3/h5-13,15,19H,4,14H2,1-3H3,(H,24,27)/t19-/m1/s1. The first-order chi connectivity index (χ1) is 14.8. The first-order valence-electron chi connectivity index (χ1n) is 10.1. The smallest absolute Gasteiger partial charge is 0.338 e. The zero-order valence-electron chi connectivity index (χ0n) is 17.7. The van der Waals surface area contributed by atoms with Crippen LogP contribution in [-0.2, 0) is 14.3 Å². The van der Waals surface area contributed by atoms with Gasteiger partial charge in [-0.2, -0.15) is 0 Å². The molecule has 0 unspecified atom stereocenters. The molecule has 0 saturated carbocycles. The second kappa shape index (κ2) is 9.42. The van der Waals surface area contributed by atoms with Gasteiger partial charge in [0.15, 0.2) is 0 Å². The molecule has 1 atom stereocenters. The highest BCUT2D eigenvalue weighted by Gasteiger charge is 2.47. The van der Waals surface area contributed by atoms with E-state index >= 15 is 0 Å². The highest BCUT2D eigenvalue weighted by atomic mass is 16.5. The molecule has 1 heterocycles. The number of nitrogens with zero attached hydrogens (tertiary/aromatic N) is 2. The van der Waals surface area contributed by atoms with Gasteiger partial charge in [-0.25, -0.2) is 14.5 Å². The van der Waals surface area contributed by atoms with Gasteiger partial charge in [-0.15, -0.1) is 0 Å². The molecule has 1 aliphatic rings. The Kier molecular flexibility index (Phi) is 6.69. The summed E-state index contributed by atoms with van der Waals surface area (Å²) in [5.41, 5.74) is 1.18. The molecule has 0 spiro atoms. The lowest BCUT2D eigenvalue weighted by Gasteiger charge is -2.25. The Labute approximate surface area is 180 Å². The van der Waals surface area contributed by atoms with Crippen molar-refractivity contribution in [3.05, 3.63) is 60.2 Å². The normalized spacial score (nSPS) is 16.1. The summed E-state index contributed by atoms with van der Waals surface area (Å²) in [4.78, 5) is 53.1. The number of esters is 1. The van der Waals surface area contributed by atoms with Crippen molar-refractivity contribution in [2.45, 2.75) is 39.3 Å². The van der Waals surface area contributed by atoms with Gasteiger partial charge < -0.3 is 15.0 Å². The number of carbonyl (C=O) groups excluding carboxylic acids is 4. The van der Waals surface area contributed by atoms with Crippen LogP contribution in [0.5, 0.6) is 0 Å². The number of hydrogen-bond acceptors (Lipinski definition) is 5. The Morgan fingerprint density at radius 1 is 1.06 bits per heavy atom. The first-order valence-corrected chi connectivity index (χ1v) is 10.1. The van der Waals surface area contributed by atoms with Crippen LogP contribution in [-0.4, -0.2) is 47.4 Å². The van der Waals surface area contributed by atoms with Crippen molar-refractivity contribution >= 4 is 35.2 Å². The molecule has 1 saturated heterocycles. The molecular formula is C23H25N3O5. The van der Waals surface area contributed by atoms with Crippen LogP contribution >= 0.6 is 0 Å². The molecule has 0 aliphatic carbocycles. The third-order valence-electron chi connectivity index (χ3n) is 4.86. The van der Waals surface area contributed by atoms with Crippen LogP contribution in [0.2, 0.25) is 0 Å². The zero-order chi connectivity index (χ0) is 22.5. The van der Waals surface area contributed by atoms with E-state index < -0.39 is 29.9 Å². The molecule has 162 valence electrons. The zero-order valence-corrected chi connectivity index (χ0v) is 17.7. The van der Waals surface area contributed by atoms with Crippen molar-refractivity contribution in [1.29, 1.82) is 0 Å². The van der Waals surface area contributed by atoms with E-state index in [4.69, 9.17) is 4.74 Å². The largest absolute Gasteiger partial charge is 0.462 e. The molecule has 2 aromatic rings. The van der Waals surface area contributed by atoms with E-state index in [0.717, 1.165) is 4.90 Å². The molecule has 8 heteroatoms. The monoisotopic (exact) mass is 423 g/mol. The molecular weight excluding hydrogens is 398 g/mol. The summed E-state index contributed by atoms with van der Waals surface area (Å²) in [5.74, 6) is -1.37. The Balaban J connectivity index is 1.77. The fourth-order valence-electron chi connectivity index (χ4n) is 3.52. The maximum absolute atomic E-state index is 13.1. The molecule has 8 nitrogen and oxygen atoms in total. The first kappa shape index (κ1) is 22.0. The second-order valence-corrected chi connectivity index (χ2v) is 7.36. The van der Waals surface area contributed by atoms with Crippen LogP contribution in [0.25, 0.3) is 0 Å². The van der Waals surface area contributed by atoms with Gasteiger partial charge in [-0.1, -0.05) is 24.3 Å². The van der Waals surface area contributed by atoms with Crippen LogP contribution in [0.4, 0.5) is 16.2 Å². The average Bonchev–Trinajstić information content (AvgIpc) is 2.98. The Morgan fingerprint density at radius 2 is 1.77 bits per heavy atom. The van der Waals surface area contributed by atoms with Crippen molar-refractivity contribution in [3.63, 3.8) is 0 Å². The molecule has 0 aromatic heterocycles. The average molecular weight is 423 g/mol. The van der Waals surface area contributed by atoms with Crippen molar-refractivity contribution in [2.24, 2.45) is 0 Å². The fourth-order valence-corrected chi connectivity index (χ4v) is 3.52. The van der Waals surface area contributed by atoms with Crippen LogP contribution in [0.15, 0.2) is 54.6 Å². The lowest BCUT2D eigenvalue weighted by atomic mass is 10.1. The Hall–Kier alpha value is -3.68. The number of carbonyl (C=O) groups is 4. The predicted molar refractivity (Wildman–Crippen MR) is 116 cm³/mol. The quantitative estimate of drug-likeness (QED) is 0.544. The summed E-state index contributed by atoms with van der Waals surface area (Å²) in [6.45, 7) is 5.56. The number of imide groups is 1. The van der Waals surface area contributed by atoms with Crippen LogP contribution in [0.3, 0.4) is 0 Å². The fraction of sp³-hybridized carbons (Fsp3) is 0.304. The highest BCUT2D eigenvalue weighted by Crippen LogP contribution is 2.28. The topological polar surface area (TPSA) is 96.0 Å². The van der Waals surface area contributed by atoms with Crippen LogP contribution < -0.4 is 10.2 Å². The van der Waals surface area contributed by atoms with Crippen molar-refractivity contribution in [3.8, 4) is 0 Å². The molecule has 1 N–H and O–H groups in total. The number of para-hydroxylation sites is 1. The predicted octanol–water partition coefficient (Wildman–Crippen LogP) is 3.44. The maximum Gasteiger partial charge on any atom is 0.338 e. The minimum atomic E-state index is -0.916. The third-order valence-corrected chi connectivity index (χ3v) is 4.86. The van der Waals surface area contributed by atoms with E-state index in [2.05, 4.69) is 5.32 Å². The Bertz CT molecular complexity index is 990. The van der Waals surface area contributed by atoms with Crippen LogP contribution in [0, 0.1) is 0 Å². The minimum Gasteiger partial charge on any atom is -0.462 e. The molecule has 4 amide bonds. The number of nitrogens with one attached hydrogen (secondary N) is 1. The van der Waals surface area contributed by atoms with E-state index in [1.165, 1.54) is 11.0 Å². The SMILES string of the molecule is CCOC(=O)c1cccc(NC(=O)C[C@@H]2C(=O)N(c3ccccc3)C(=O)N2C(C)C)c1. The van der Waals surface area contributed by atoms with Gasteiger partial charge in [-0.05, 0) is 51.1 Å². The molecule has 1 aliphatic heterocycles. The maximum atomic E-state index is 13.1. The van der Waals surface area contributed by atoms with E-state index in [1.54, 1.807) is 69.3 Å². The van der Waals surface area contributed by atoms with Gasteiger partial charge in [0.25, 0.3) is 5.91 Å². The second-order valence-electron chi connectivity index (χ2n) is 7.36. The molecule has 2 aromatic carbocycles. The van der Waals surface area contributed by atoms with Gasteiger partial charge in [0.05, 0.1) is 24.3 Å². The van der Waals surface area contributed by atoms with Crippen molar-refractivity contribution < 1.29 is 23.9 Å². The van der Waals surface area contributed by atoms with E-state index in [-0.39, 0.29) is 19.1 Å². The number of benzene rings is 2. The summed E-state index contributed by atoms with van der Waals surface area (Å²) < 4.78 is 4.97.